The molecule has 1 aliphatic heterocycles. The van der Waals surface area contributed by atoms with Gasteiger partial charge < -0.3 is 14.5 Å². The minimum Gasteiger partial charge on any atom is -0.450 e. The Balaban J connectivity index is 1.94. The van der Waals surface area contributed by atoms with Crippen molar-refractivity contribution in [1.29, 1.82) is 0 Å². The lowest BCUT2D eigenvalue weighted by molar-refractivity contribution is 0.0712. The van der Waals surface area contributed by atoms with Gasteiger partial charge in [0, 0.05) is 19.1 Å². The molecule has 2 atom stereocenters. The smallest absolute Gasteiger partial charge is 0.183 e. The molecule has 1 saturated heterocycles. The number of nitrogens with one attached hydrogen (secondary N) is 1. The molecular weight excluding hydrogens is 362 g/mol. The van der Waals surface area contributed by atoms with E-state index in [9.17, 15) is 0 Å². The van der Waals surface area contributed by atoms with Crippen molar-refractivity contribution < 1.29 is 9.15 Å². The Morgan fingerprint density at radius 3 is 2.83 bits per heavy atom. The summed E-state index contributed by atoms with van der Waals surface area (Å²) in [5.41, 5.74) is 0. The van der Waals surface area contributed by atoms with Gasteiger partial charge in [-0.1, -0.05) is 13.8 Å². The molecule has 0 spiro atoms. The maximum absolute atomic E-state index is 5.80. The van der Waals surface area contributed by atoms with Crippen LogP contribution in [0.5, 0.6) is 0 Å². The van der Waals surface area contributed by atoms with Crippen molar-refractivity contribution in [2.45, 2.75) is 26.4 Å². The van der Waals surface area contributed by atoms with E-state index in [4.69, 9.17) is 9.15 Å². The van der Waals surface area contributed by atoms with Gasteiger partial charge in [-0.2, -0.15) is 0 Å². The van der Waals surface area contributed by atoms with Crippen molar-refractivity contribution >= 4 is 31.9 Å². The number of halogens is 2. The molecular formula is C13H19Br2NO2. The fourth-order valence-electron chi connectivity index (χ4n) is 2.22. The van der Waals surface area contributed by atoms with Crippen molar-refractivity contribution in [2.75, 3.05) is 19.7 Å². The molecule has 102 valence electrons. The minimum absolute atomic E-state index is 0.0762. The molecule has 1 fully saturated rings. The molecule has 1 aliphatic rings. The molecule has 5 heteroatoms. The Hall–Kier alpha value is 0.160. The Kier molecular flexibility index (Phi) is 5.30. The Bertz CT molecular complexity index is 373. The van der Waals surface area contributed by atoms with E-state index in [2.05, 4.69) is 51.0 Å². The summed E-state index contributed by atoms with van der Waals surface area (Å²) in [5, 5.41) is 3.50. The van der Waals surface area contributed by atoms with E-state index >= 15 is 0 Å². The van der Waals surface area contributed by atoms with Crippen LogP contribution in [0.3, 0.4) is 0 Å². The summed E-state index contributed by atoms with van der Waals surface area (Å²) in [4.78, 5) is 0. The normalized spacial score (nSPS) is 24.1. The lowest BCUT2D eigenvalue weighted by Crippen LogP contribution is -2.27. The molecule has 2 unspecified atom stereocenters. The van der Waals surface area contributed by atoms with Crippen LogP contribution >= 0.6 is 31.9 Å². The van der Waals surface area contributed by atoms with Crippen molar-refractivity contribution in [1.82, 2.24) is 5.32 Å². The molecule has 2 rings (SSSR count). The molecule has 1 aromatic rings. The fourth-order valence-corrected chi connectivity index (χ4v) is 2.83. The van der Waals surface area contributed by atoms with Crippen LogP contribution in [0.1, 0.15) is 32.1 Å². The molecule has 0 aromatic carbocycles. The van der Waals surface area contributed by atoms with Gasteiger partial charge in [0.2, 0.25) is 0 Å². The van der Waals surface area contributed by atoms with E-state index in [1.54, 1.807) is 0 Å². The van der Waals surface area contributed by atoms with Crippen LogP contribution < -0.4 is 5.32 Å². The zero-order valence-electron chi connectivity index (χ0n) is 10.7. The molecule has 0 aliphatic carbocycles. The molecule has 1 aromatic heterocycles. The predicted octanol–water partition coefficient (Wildman–Crippen LogP) is 4.13. The molecule has 1 N–H and O–H groups in total. The third-order valence-corrected chi connectivity index (χ3v) is 4.83. The number of hydrogen-bond acceptors (Lipinski definition) is 3. The highest BCUT2D eigenvalue weighted by Crippen LogP contribution is 2.38. The second kappa shape index (κ2) is 6.55. The average molecular weight is 381 g/mol. The highest BCUT2D eigenvalue weighted by Gasteiger charge is 2.32. The Morgan fingerprint density at radius 1 is 1.44 bits per heavy atom. The lowest BCUT2D eigenvalue weighted by Gasteiger charge is -2.17. The molecule has 2 heterocycles. The van der Waals surface area contributed by atoms with Crippen LogP contribution in [0.2, 0.25) is 0 Å². The maximum Gasteiger partial charge on any atom is 0.183 e. The van der Waals surface area contributed by atoms with Crippen LogP contribution in [0.4, 0.5) is 0 Å². The number of furan rings is 1. The first kappa shape index (κ1) is 14.6. The van der Waals surface area contributed by atoms with Crippen molar-refractivity contribution in [3.63, 3.8) is 0 Å². The zero-order chi connectivity index (χ0) is 13.1. The van der Waals surface area contributed by atoms with Gasteiger partial charge in [0.15, 0.2) is 4.67 Å². The summed E-state index contributed by atoms with van der Waals surface area (Å²) in [7, 11) is 0. The highest BCUT2D eigenvalue weighted by atomic mass is 79.9. The summed E-state index contributed by atoms with van der Waals surface area (Å²) in [6, 6.07) is 2.00. The SMILES string of the molecule is CC(C)CNCC1CCOC1c1cc(Br)c(Br)o1. The quantitative estimate of drug-likeness (QED) is 0.833. The topological polar surface area (TPSA) is 34.4 Å². The van der Waals surface area contributed by atoms with Gasteiger partial charge in [-0.3, -0.25) is 0 Å². The van der Waals surface area contributed by atoms with Crippen molar-refractivity contribution in [3.05, 3.63) is 21.0 Å². The minimum atomic E-state index is 0.0762. The monoisotopic (exact) mass is 379 g/mol. The molecule has 0 saturated carbocycles. The zero-order valence-corrected chi connectivity index (χ0v) is 13.9. The van der Waals surface area contributed by atoms with Crippen LogP contribution in [0.15, 0.2) is 19.6 Å². The van der Waals surface area contributed by atoms with Gasteiger partial charge in [0.05, 0.1) is 4.47 Å². The van der Waals surface area contributed by atoms with E-state index in [1.165, 1.54) is 0 Å². The summed E-state index contributed by atoms with van der Waals surface area (Å²) in [5.74, 6) is 2.08. The molecule has 0 radical (unpaired) electrons. The largest absolute Gasteiger partial charge is 0.450 e. The van der Waals surface area contributed by atoms with Crippen LogP contribution in [-0.4, -0.2) is 19.7 Å². The Morgan fingerprint density at radius 2 is 2.22 bits per heavy atom. The van der Waals surface area contributed by atoms with Gasteiger partial charge in [-0.25, -0.2) is 0 Å². The second-order valence-corrected chi connectivity index (χ2v) is 6.74. The van der Waals surface area contributed by atoms with Gasteiger partial charge >= 0.3 is 0 Å². The van der Waals surface area contributed by atoms with E-state index < -0.39 is 0 Å². The number of rotatable bonds is 5. The van der Waals surface area contributed by atoms with Crippen LogP contribution in [-0.2, 0) is 4.74 Å². The third-order valence-electron chi connectivity index (χ3n) is 3.12. The third kappa shape index (κ3) is 3.59. The first-order valence-electron chi connectivity index (χ1n) is 6.35. The van der Waals surface area contributed by atoms with Gasteiger partial charge in [-0.05, 0) is 56.8 Å². The molecule has 0 bridgehead atoms. The van der Waals surface area contributed by atoms with Gasteiger partial charge in [0.1, 0.15) is 11.9 Å². The van der Waals surface area contributed by atoms with Gasteiger partial charge in [-0.15, -0.1) is 0 Å². The first-order valence-corrected chi connectivity index (χ1v) is 7.93. The highest BCUT2D eigenvalue weighted by molar-refractivity contribution is 9.13. The van der Waals surface area contributed by atoms with Crippen molar-refractivity contribution in [3.8, 4) is 0 Å². The number of ether oxygens (including phenoxy) is 1. The number of hydrogen-bond donors (Lipinski definition) is 1. The van der Waals surface area contributed by atoms with Crippen LogP contribution in [0, 0.1) is 11.8 Å². The molecule has 3 nitrogen and oxygen atoms in total. The predicted molar refractivity (Wildman–Crippen MR) is 78.6 cm³/mol. The molecule has 18 heavy (non-hydrogen) atoms. The summed E-state index contributed by atoms with van der Waals surface area (Å²) >= 11 is 6.81. The lowest BCUT2D eigenvalue weighted by atomic mass is 9.99. The summed E-state index contributed by atoms with van der Waals surface area (Å²) in [6.07, 6.45) is 1.17. The van der Waals surface area contributed by atoms with E-state index in [-0.39, 0.29) is 6.10 Å². The van der Waals surface area contributed by atoms with Gasteiger partial charge in [0.25, 0.3) is 0 Å². The standard InChI is InChI=1S/C13H19Br2NO2/c1-8(2)6-16-7-9-3-4-17-12(9)11-5-10(14)13(15)18-11/h5,8-9,12,16H,3-4,6-7H2,1-2H3. The summed E-state index contributed by atoms with van der Waals surface area (Å²) in [6.45, 7) is 7.29. The maximum atomic E-state index is 5.80. The second-order valence-electron chi connectivity index (χ2n) is 5.16. The molecule has 0 amide bonds. The Labute approximate surface area is 125 Å². The fraction of sp³-hybridized carbons (Fsp3) is 0.692. The van der Waals surface area contributed by atoms with E-state index in [1.807, 2.05) is 6.07 Å². The van der Waals surface area contributed by atoms with E-state index in [0.717, 1.165) is 41.0 Å². The average Bonchev–Trinajstić information content (AvgIpc) is 2.86. The van der Waals surface area contributed by atoms with E-state index in [0.29, 0.717) is 11.8 Å². The van der Waals surface area contributed by atoms with Crippen molar-refractivity contribution in [2.24, 2.45) is 11.8 Å². The first-order chi connectivity index (χ1) is 8.58. The van der Waals surface area contributed by atoms with Crippen LogP contribution in [0.25, 0.3) is 0 Å². The summed E-state index contributed by atoms with van der Waals surface area (Å²) < 4.78 is 13.2.